The zero-order valence-electron chi connectivity index (χ0n) is 16.5. The van der Waals surface area contributed by atoms with Crippen molar-refractivity contribution in [1.82, 2.24) is 9.88 Å². The molecule has 0 aliphatic carbocycles. The van der Waals surface area contributed by atoms with Crippen LogP contribution in [0, 0.1) is 5.95 Å². The van der Waals surface area contributed by atoms with Crippen LogP contribution in [-0.2, 0) is 6.54 Å². The second kappa shape index (κ2) is 9.09. The molecule has 0 spiro atoms. The SMILES string of the molecule is CCN(c1nc(F)ccc1N=C(C)C)C1CCN(Cc2ccccc2)CC1. The van der Waals surface area contributed by atoms with Gasteiger partial charge in [0.2, 0.25) is 5.95 Å². The summed E-state index contributed by atoms with van der Waals surface area (Å²) in [4.78, 5) is 13.5. The van der Waals surface area contributed by atoms with E-state index >= 15 is 0 Å². The maximum Gasteiger partial charge on any atom is 0.214 e. The molecule has 1 aromatic heterocycles. The third kappa shape index (κ3) is 5.13. The van der Waals surface area contributed by atoms with Gasteiger partial charge < -0.3 is 4.90 Å². The molecule has 5 heteroatoms. The lowest BCUT2D eigenvalue weighted by molar-refractivity contribution is 0.201. The second-order valence-corrected chi connectivity index (χ2v) is 7.31. The maximum absolute atomic E-state index is 13.9. The third-order valence-corrected chi connectivity index (χ3v) is 5.02. The summed E-state index contributed by atoms with van der Waals surface area (Å²) in [6.07, 6.45) is 2.10. The van der Waals surface area contributed by atoms with Gasteiger partial charge in [-0.3, -0.25) is 9.89 Å². The molecule has 1 fully saturated rings. The Morgan fingerprint density at radius 1 is 1.15 bits per heavy atom. The van der Waals surface area contributed by atoms with Crippen molar-refractivity contribution in [3.63, 3.8) is 0 Å². The fourth-order valence-electron chi connectivity index (χ4n) is 3.77. The van der Waals surface area contributed by atoms with Crippen LogP contribution in [0.4, 0.5) is 15.9 Å². The van der Waals surface area contributed by atoms with Crippen LogP contribution >= 0.6 is 0 Å². The molecule has 0 bridgehead atoms. The Morgan fingerprint density at radius 3 is 2.48 bits per heavy atom. The van der Waals surface area contributed by atoms with E-state index in [9.17, 15) is 4.39 Å². The number of benzene rings is 1. The van der Waals surface area contributed by atoms with Crippen molar-refractivity contribution in [2.45, 2.75) is 46.2 Å². The molecule has 0 atom stereocenters. The molecule has 1 aliphatic heterocycles. The van der Waals surface area contributed by atoms with E-state index < -0.39 is 5.95 Å². The Hall–Kier alpha value is -2.27. The number of pyridine rings is 1. The van der Waals surface area contributed by atoms with Gasteiger partial charge in [-0.1, -0.05) is 30.3 Å². The number of hydrogen-bond donors (Lipinski definition) is 0. The molecule has 0 N–H and O–H groups in total. The van der Waals surface area contributed by atoms with Crippen LogP contribution in [-0.4, -0.2) is 41.3 Å². The van der Waals surface area contributed by atoms with Crippen LogP contribution in [0.5, 0.6) is 0 Å². The lowest BCUT2D eigenvalue weighted by atomic mass is 10.0. The van der Waals surface area contributed by atoms with Crippen molar-refractivity contribution in [1.29, 1.82) is 0 Å². The molecule has 1 aromatic carbocycles. The molecule has 2 aromatic rings. The molecule has 0 amide bonds. The normalized spacial score (nSPS) is 15.6. The fourth-order valence-corrected chi connectivity index (χ4v) is 3.77. The Labute approximate surface area is 161 Å². The number of nitrogens with zero attached hydrogens (tertiary/aromatic N) is 4. The number of anilines is 1. The quantitative estimate of drug-likeness (QED) is 0.541. The highest BCUT2D eigenvalue weighted by Gasteiger charge is 2.26. The molecule has 0 radical (unpaired) electrons. The van der Waals surface area contributed by atoms with Crippen molar-refractivity contribution < 1.29 is 4.39 Å². The summed E-state index contributed by atoms with van der Waals surface area (Å²) in [5.41, 5.74) is 3.05. The van der Waals surface area contributed by atoms with Crippen molar-refractivity contribution in [2.24, 2.45) is 4.99 Å². The number of halogens is 1. The Morgan fingerprint density at radius 2 is 1.85 bits per heavy atom. The number of rotatable bonds is 6. The lowest BCUT2D eigenvalue weighted by Crippen LogP contribution is -2.45. The van der Waals surface area contributed by atoms with Gasteiger partial charge in [-0.25, -0.2) is 4.98 Å². The highest BCUT2D eigenvalue weighted by molar-refractivity contribution is 5.84. The first-order chi connectivity index (χ1) is 13.1. The van der Waals surface area contributed by atoms with E-state index in [-0.39, 0.29) is 0 Å². The average Bonchev–Trinajstić information content (AvgIpc) is 2.66. The minimum Gasteiger partial charge on any atom is -0.352 e. The van der Waals surface area contributed by atoms with Gasteiger partial charge >= 0.3 is 0 Å². The molecule has 1 saturated heterocycles. The minimum atomic E-state index is -0.447. The number of likely N-dealkylation sites (tertiary alicyclic amines) is 1. The van der Waals surface area contributed by atoms with Gasteiger partial charge in [-0.05, 0) is 51.3 Å². The highest BCUT2D eigenvalue weighted by atomic mass is 19.1. The molecule has 27 heavy (non-hydrogen) atoms. The standard InChI is InChI=1S/C22H29FN4/c1-4-27(22-20(24-17(2)3)10-11-21(23)25-22)19-12-14-26(15-13-19)16-18-8-6-5-7-9-18/h5-11,19H,4,12-16H2,1-3H3. The molecule has 0 saturated carbocycles. The zero-order chi connectivity index (χ0) is 19.2. The first kappa shape index (κ1) is 19.5. The highest BCUT2D eigenvalue weighted by Crippen LogP contribution is 2.31. The maximum atomic E-state index is 13.9. The van der Waals surface area contributed by atoms with E-state index in [0.29, 0.717) is 11.9 Å². The summed E-state index contributed by atoms with van der Waals surface area (Å²) in [5.74, 6) is 0.220. The van der Waals surface area contributed by atoms with Crippen molar-refractivity contribution in [2.75, 3.05) is 24.5 Å². The smallest absolute Gasteiger partial charge is 0.214 e. The Bertz CT molecular complexity index is 763. The second-order valence-electron chi connectivity index (χ2n) is 7.31. The van der Waals surface area contributed by atoms with Gasteiger partial charge in [-0.15, -0.1) is 0 Å². The first-order valence-electron chi connectivity index (χ1n) is 9.78. The fraction of sp³-hybridized carbons (Fsp3) is 0.455. The van der Waals surface area contributed by atoms with Crippen LogP contribution in [0.15, 0.2) is 47.5 Å². The number of aliphatic imine (C=N–C) groups is 1. The Kier molecular flexibility index (Phi) is 6.56. The van der Waals surface area contributed by atoms with E-state index in [1.165, 1.54) is 11.6 Å². The predicted octanol–water partition coefficient (Wildman–Crippen LogP) is 4.82. The van der Waals surface area contributed by atoms with Crippen molar-refractivity contribution >= 4 is 17.2 Å². The summed E-state index contributed by atoms with van der Waals surface area (Å²) in [6, 6.07) is 14.1. The lowest BCUT2D eigenvalue weighted by Gasteiger charge is -2.39. The van der Waals surface area contributed by atoms with E-state index in [1.807, 2.05) is 13.8 Å². The van der Waals surface area contributed by atoms with E-state index in [4.69, 9.17) is 0 Å². The van der Waals surface area contributed by atoms with Gasteiger partial charge in [0.25, 0.3) is 0 Å². The molecule has 144 valence electrons. The van der Waals surface area contributed by atoms with Gasteiger partial charge in [0.1, 0.15) is 5.69 Å². The van der Waals surface area contributed by atoms with Gasteiger partial charge in [-0.2, -0.15) is 4.39 Å². The molecular weight excluding hydrogens is 339 g/mol. The summed E-state index contributed by atoms with van der Waals surface area (Å²) in [6.45, 7) is 9.87. The molecule has 1 aliphatic rings. The molecule has 2 heterocycles. The summed E-state index contributed by atoms with van der Waals surface area (Å²) in [7, 11) is 0. The molecule has 0 unspecified atom stereocenters. The van der Waals surface area contributed by atoms with Crippen LogP contribution < -0.4 is 4.90 Å². The van der Waals surface area contributed by atoms with Crippen molar-refractivity contribution in [3.8, 4) is 0 Å². The summed E-state index contributed by atoms with van der Waals surface area (Å²) in [5, 5.41) is 0. The predicted molar refractivity (Wildman–Crippen MR) is 110 cm³/mol. The monoisotopic (exact) mass is 368 g/mol. The average molecular weight is 369 g/mol. The summed E-state index contributed by atoms with van der Waals surface area (Å²) < 4.78 is 13.9. The first-order valence-corrected chi connectivity index (χ1v) is 9.78. The van der Waals surface area contributed by atoms with Crippen LogP contribution in [0.1, 0.15) is 39.2 Å². The van der Waals surface area contributed by atoms with E-state index in [1.54, 1.807) is 6.07 Å². The van der Waals surface area contributed by atoms with Crippen molar-refractivity contribution in [3.05, 3.63) is 54.0 Å². The number of hydrogen-bond acceptors (Lipinski definition) is 4. The van der Waals surface area contributed by atoms with E-state index in [0.717, 1.165) is 50.4 Å². The zero-order valence-corrected chi connectivity index (χ0v) is 16.5. The number of piperidine rings is 1. The molecule has 4 nitrogen and oxygen atoms in total. The van der Waals surface area contributed by atoms with Crippen LogP contribution in [0.2, 0.25) is 0 Å². The Balaban J connectivity index is 1.71. The molecular formula is C22H29FN4. The van der Waals surface area contributed by atoms with E-state index in [2.05, 4.69) is 57.0 Å². The summed E-state index contributed by atoms with van der Waals surface area (Å²) >= 11 is 0. The van der Waals surface area contributed by atoms with Crippen LogP contribution in [0.25, 0.3) is 0 Å². The topological polar surface area (TPSA) is 31.7 Å². The molecule has 3 rings (SSSR count). The minimum absolute atomic E-state index is 0.363. The van der Waals surface area contributed by atoms with Gasteiger partial charge in [0.15, 0.2) is 5.82 Å². The third-order valence-electron chi connectivity index (χ3n) is 5.02. The van der Waals surface area contributed by atoms with Gasteiger partial charge in [0.05, 0.1) is 0 Å². The van der Waals surface area contributed by atoms with Gasteiger partial charge in [0, 0.05) is 37.9 Å². The number of aromatic nitrogens is 1. The van der Waals surface area contributed by atoms with Crippen LogP contribution in [0.3, 0.4) is 0 Å². The largest absolute Gasteiger partial charge is 0.352 e.